The first-order valence-electron chi connectivity index (χ1n) is 10.2. The zero-order valence-corrected chi connectivity index (χ0v) is 17.1. The molecule has 0 saturated carbocycles. The third-order valence-corrected chi connectivity index (χ3v) is 5.01. The summed E-state index contributed by atoms with van der Waals surface area (Å²) in [6.45, 7) is 5.51. The summed E-state index contributed by atoms with van der Waals surface area (Å²) in [5, 5.41) is 5.57. The van der Waals surface area contributed by atoms with Gasteiger partial charge in [0.2, 0.25) is 5.88 Å². The first-order chi connectivity index (χ1) is 13.8. The van der Waals surface area contributed by atoms with Gasteiger partial charge in [-0.15, -0.1) is 0 Å². The maximum Gasteiger partial charge on any atom is 0.422 e. The molecule has 1 aliphatic heterocycles. The van der Waals surface area contributed by atoms with Crippen molar-refractivity contribution in [2.24, 2.45) is 5.92 Å². The molecule has 0 bridgehead atoms. The number of aromatic nitrogens is 1. The topological polar surface area (TPSA) is 66.5 Å². The fourth-order valence-corrected chi connectivity index (χ4v) is 3.49. The van der Waals surface area contributed by atoms with E-state index in [2.05, 4.69) is 34.4 Å². The molecule has 1 aromatic heterocycles. The quantitative estimate of drug-likeness (QED) is 0.678. The zero-order chi connectivity index (χ0) is 21.3. The van der Waals surface area contributed by atoms with Gasteiger partial charge in [-0.05, 0) is 37.9 Å². The second kappa shape index (κ2) is 11.2. The highest BCUT2D eigenvalue weighted by Gasteiger charge is 2.29. The fourth-order valence-electron chi connectivity index (χ4n) is 3.49. The first kappa shape index (κ1) is 23.3. The van der Waals surface area contributed by atoms with E-state index in [9.17, 15) is 18.0 Å². The van der Waals surface area contributed by atoms with Crippen LogP contribution in [0.1, 0.15) is 45.1 Å². The Labute approximate surface area is 170 Å². The van der Waals surface area contributed by atoms with Crippen LogP contribution in [0.5, 0.6) is 5.88 Å². The van der Waals surface area contributed by atoms with Crippen LogP contribution >= 0.6 is 0 Å². The summed E-state index contributed by atoms with van der Waals surface area (Å²) in [5.74, 6) is 0.267. The third-order valence-electron chi connectivity index (χ3n) is 5.01. The maximum absolute atomic E-state index is 12.4. The number of rotatable bonds is 8. The Hall–Kier alpha value is -2.03. The van der Waals surface area contributed by atoms with Crippen molar-refractivity contribution in [3.05, 3.63) is 23.9 Å². The minimum atomic E-state index is -4.45. The highest BCUT2D eigenvalue weighted by atomic mass is 19.4. The van der Waals surface area contributed by atoms with Crippen molar-refractivity contribution in [2.75, 3.05) is 26.2 Å². The van der Waals surface area contributed by atoms with Gasteiger partial charge in [-0.1, -0.05) is 32.8 Å². The van der Waals surface area contributed by atoms with E-state index in [-0.39, 0.29) is 24.5 Å². The monoisotopic (exact) mass is 416 g/mol. The van der Waals surface area contributed by atoms with Gasteiger partial charge >= 0.3 is 12.2 Å². The van der Waals surface area contributed by atoms with Crippen molar-refractivity contribution in [2.45, 2.75) is 58.3 Å². The second-order valence-electron chi connectivity index (χ2n) is 7.70. The smallest absolute Gasteiger partial charge is 0.422 e. The molecule has 0 aromatic carbocycles. The maximum atomic E-state index is 12.4. The molecule has 29 heavy (non-hydrogen) atoms. The molecule has 0 radical (unpaired) electrons. The summed E-state index contributed by atoms with van der Waals surface area (Å²) < 4.78 is 41.9. The van der Waals surface area contributed by atoms with Crippen molar-refractivity contribution in [3.63, 3.8) is 0 Å². The van der Waals surface area contributed by atoms with E-state index in [1.165, 1.54) is 31.9 Å². The summed E-state index contributed by atoms with van der Waals surface area (Å²) in [5.41, 5.74) is 0.389. The highest BCUT2D eigenvalue weighted by molar-refractivity contribution is 5.73. The number of hydrogen-bond donors (Lipinski definition) is 2. The molecule has 1 fully saturated rings. The van der Waals surface area contributed by atoms with Gasteiger partial charge in [0.25, 0.3) is 0 Å². The molecule has 2 rings (SSSR count). The summed E-state index contributed by atoms with van der Waals surface area (Å²) in [7, 11) is 0. The number of alkyl halides is 3. The van der Waals surface area contributed by atoms with Crippen molar-refractivity contribution in [1.82, 2.24) is 20.5 Å². The number of hydrogen-bond acceptors (Lipinski definition) is 4. The molecule has 9 heteroatoms. The lowest BCUT2D eigenvalue weighted by molar-refractivity contribution is -0.154. The lowest BCUT2D eigenvalue weighted by Gasteiger charge is -2.33. The molecule has 164 valence electrons. The Kier molecular flexibility index (Phi) is 9.00. The van der Waals surface area contributed by atoms with Gasteiger partial charge in [0.05, 0.1) is 0 Å². The van der Waals surface area contributed by atoms with E-state index in [1.807, 2.05) is 0 Å². The van der Waals surface area contributed by atoms with Crippen LogP contribution in [0.2, 0.25) is 0 Å². The van der Waals surface area contributed by atoms with Crippen LogP contribution < -0.4 is 15.4 Å². The van der Waals surface area contributed by atoms with Crippen molar-refractivity contribution >= 4 is 6.03 Å². The predicted molar refractivity (Wildman–Crippen MR) is 105 cm³/mol. The second-order valence-corrected chi connectivity index (χ2v) is 7.70. The number of likely N-dealkylation sites (tertiary alicyclic amines) is 1. The minimum Gasteiger partial charge on any atom is -0.468 e. The lowest BCUT2D eigenvalue weighted by atomic mass is 10.0. The molecule has 0 spiro atoms. The predicted octanol–water partition coefficient (Wildman–Crippen LogP) is 3.72. The molecule has 1 aliphatic rings. The molecule has 1 aromatic rings. The van der Waals surface area contributed by atoms with Gasteiger partial charge in [-0.25, -0.2) is 9.78 Å². The van der Waals surface area contributed by atoms with E-state index >= 15 is 0 Å². The number of nitrogens with one attached hydrogen (secondary N) is 2. The molecular formula is C20H31F3N4O2. The first-order valence-corrected chi connectivity index (χ1v) is 10.2. The van der Waals surface area contributed by atoms with Gasteiger partial charge in [0, 0.05) is 30.9 Å². The number of urea groups is 1. The average Bonchev–Trinajstić information content (AvgIpc) is 2.94. The van der Waals surface area contributed by atoms with Gasteiger partial charge in [-0.2, -0.15) is 13.2 Å². The Balaban J connectivity index is 1.84. The number of carbonyl (C=O) groups is 1. The molecule has 0 aliphatic carbocycles. The number of carbonyl (C=O) groups excluding carboxylic acids is 1. The summed E-state index contributed by atoms with van der Waals surface area (Å²) in [6, 6.07) is 3.05. The van der Waals surface area contributed by atoms with Crippen LogP contribution in [0.15, 0.2) is 18.3 Å². The molecule has 2 heterocycles. The van der Waals surface area contributed by atoms with Crippen LogP contribution in [0.25, 0.3) is 0 Å². The zero-order valence-electron chi connectivity index (χ0n) is 17.1. The molecule has 6 nitrogen and oxygen atoms in total. The van der Waals surface area contributed by atoms with Gasteiger partial charge in [-0.3, -0.25) is 4.90 Å². The summed E-state index contributed by atoms with van der Waals surface area (Å²) in [6.07, 6.45) is 1.76. The number of ether oxygens (including phenoxy) is 1. The standard InChI is InChI=1S/C20H31F3N4O2/c1-15(2)17(27-10-5-3-4-6-11-27)13-26-19(28)25-12-16-8-7-9-24-18(16)29-14-20(21,22)23/h7-9,15,17H,3-6,10-14H2,1-2H3,(H2,25,26,28). The fraction of sp³-hybridized carbons (Fsp3) is 0.700. The summed E-state index contributed by atoms with van der Waals surface area (Å²) in [4.78, 5) is 18.5. The van der Waals surface area contributed by atoms with Crippen LogP contribution in [0.3, 0.4) is 0 Å². The van der Waals surface area contributed by atoms with Gasteiger partial charge in [0.1, 0.15) is 0 Å². The van der Waals surface area contributed by atoms with Gasteiger partial charge in [0.15, 0.2) is 6.61 Å². The molecule has 1 atom stereocenters. The average molecular weight is 416 g/mol. The number of halogens is 3. The lowest BCUT2D eigenvalue weighted by Crippen LogP contribution is -2.49. The normalized spacial score (nSPS) is 16.9. The van der Waals surface area contributed by atoms with Gasteiger partial charge < -0.3 is 15.4 Å². The Bertz CT molecular complexity index is 632. The van der Waals surface area contributed by atoms with Crippen LogP contribution in [-0.4, -0.2) is 54.4 Å². The SMILES string of the molecule is CC(C)C(CNC(=O)NCc1cccnc1OCC(F)(F)F)N1CCCCCC1. The molecule has 2 amide bonds. The van der Waals surface area contributed by atoms with Crippen LogP contribution in [0.4, 0.5) is 18.0 Å². The number of nitrogens with zero attached hydrogens (tertiary/aromatic N) is 2. The van der Waals surface area contributed by atoms with E-state index in [0.717, 1.165) is 13.1 Å². The highest BCUT2D eigenvalue weighted by Crippen LogP contribution is 2.20. The Morgan fingerprint density at radius 2 is 1.90 bits per heavy atom. The van der Waals surface area contributed by atoms with E-state index in [0.29, 0.717) is 18.0 Å². The molecular weight excluding hydrogens is 385 g/mol. The largest absolute Gasteiger partial charge is 0.468 e. The van der Waals surface area contributed by atoms with Crippen molar-refractivity contribution in [1.29, 1.82) is 0 Å². The van der Waals surface area contributed by atoms with E-state index in [4.69, 9.17) is 4.74 Å². The van der Waals surface area contributed by atoms with E-state index < -0.39 is 12.8 Å². The molecule has 2 N–H and O–H groups in total. The van der Waals surface area contributed by atoms with E-state index in [1.54, 1.807) is 12.1 Å². The van der Waals surface area contributed by atoms with Crippen molar-refractivity contribution < 1.29 is 22.7 Å². The third kappa shape index (κ3) is 8.47. The molecule has 1 unspecified atom stereocenters. The Morgan fingerprint density at radius 1 is 1.21 bits per heavy atom. The minimum absolute atomic E-state index is 0.0307. The summed E-state index contributed by atoms with van der Waals surface area (Å²) >= 11 is 0. The Morgan fingerprint density at radius 3 is 2.52 bits per heavy atom. The molecule has 1 saturated heterocycles. The number of amides is 2. The van der Waals surface area contributed by atoms with Crippen LogP contribution in [0, 0.1) is 5.92 Å². The van der Waals surface area contributed by atoms with Crippen molar-refractivity contribution in [3.8, 4) is 5.88 Å². The van der Waals surface area contributed by atoms with Crippen LogP contribution in [-0.2, 0) is 6.54 Å². The number of pyridine rings is 1.